The summed E-state index contributed by atoms with van der Waals surface area (Å²) < 4.78 is 26.2. The molecule has 11 nitrogen and oxygen atoms in total. The SMILES string of the molecule is CN1CCN(C(=O)[C@@H](Cc2ccc(NC(=O)[C@@H](NC(=O)OCc3ccccc3)C3CCCCC3)c(F)c2)NC(=O)OC(C)(C)C)CC1. The first-order valence-electron chi connectivity index (χ1n) is 16.4. The van der Waals surface area contributed by atoms with Crippen LogP contribution in [0.1, 0.15) is 64.0 Å². The molecule has 0 spiro atoms. The molecule has 0 aromatic heterocycles. The average molecular weight is 654 g/mol. The molecule has 12 heteroatoms. The van der Waals surface area contributed by atoms with Gasteiger partial charge in [0.05, 0.1) is 5.69 Å². The molecule has 3 N–H and O–H groups in total. The number of ether oxygens (including phenoxy) is 2. The lowest BCUT2D eigenvalue weighted by Gasteiger charge is -2.35. The lowest BCUT2D eigenvalue weighted by molar-refractivity contribution is -0.135. The number of carbonyl (C=O) groups excluding carboxylic acids is 4. The molecule has 1 saturated heterocycles. The average Bonchev–Trinajstić information content (AvgIpc) is 3.03. The Bertz CT molecular complexity index is 1370. The number of alkyl carbamates (subject to hydrolysis) is 2. The highest BCUT2D eigenvalue weighted by molar-refractivity contribution is 5.97. The lowest BCUT2D eigenvalue weighted by atomic mass is 9.83. The number of hydrogen-bond acceptors (Lipinski definition) is 7. The van der Waals surface area contributed by atoms with E-state index in [1.165, 1.54) is 12.1 Å². The standard InChI is InChI=1S/C35H48FN5O6/c1-35(2,3)47-34(45)38-29(32(43)41-19-17-40(4)18-20-41)22-25-15-16-28(27(36)21-25)37-31(42)30(26-13-9-6-10-14-26)39-33(44)46-23-24-11-7-5-8-12-24/h5,7-8,11-12,15-16,21,26,29-30H,6,9-10,13-14,17-20,22-23H2,1-4H3,(H,37,42)(H,38,45)(H,39,44)/t29-,30+/m1/s1. The highest BCUT2D eigenvalue weighted by Crippen LogP contribution is 2.28. The molecule has 2 atom stereocenters. The number of piperazine rings is 1. The van der Waals surface area contributed by atoms with Crippen LogP contribution in [-0.4, -0.2) is 84.7 Å². The molecular formula is C35H48FN5O6. The maximum absolute atomic E-state index is 15.5. The number of nitrogens with one attached hydrogen (secondary N) is 3. The Kier molecular flexibility index (Phi) is 12.6. The van der Waals surface area contributed by atoms with Gasteiger partial charge in [-0.05, 0) is 69.8 Å². The van der Waals surface area contributed by atoms with Crippen LogP contribution in [0.15, 0.2) is 48.5 Å². The summed E-state index contributed by atoms with van der Waals surface area (Å²) in [5, 5.41) is 8.05. The van der Waals surface area contributed by atoms with Crippen molar-refractivity contribution in [2.24, 2.45) is 5.92 Å². The van der Waals surface area contributed by atoms with E-state index in [4.69, 9.17) is 9.47 Å². The molecule has 4 rings (SSSR count). The summed E-state index contributed by atoms with van der Waals surface area (Å²) in [6, 6.07) is 11.6. The minimum absolute atomic E-state index is 0.0229. The molecule has 1 saturated carbocycles. The first-order valence-corrected chi connectivity index (χ1v) is 16.4. The van der Waals surface area contributed by atoms with E-state index in [-0.39, 0.29) is 30.5 Å². The second-order valence-electron chi connectivity index (χ2n) is 13.4. The van der Waals surface area contributed by atoms with Crippen LogP contribution in [0, 0.1) is 11.7 Å². The summed E-state index contributed by atoms with van der Waals surface area (Å²) in [4.78, 5) is 56.2. The van der Waals surface area contributed by atoms with Gasteiger partial charge in [-0.3, -0.25) is 9.59 Å². The van der Waals surface area contributed by atoms with Gasteiger partial charge in [0.15, 0.2) is 0 Å². The number of nitrogens with zero attached hydrogens (tertiary/aromatic N) is 2. The molecule has 4 amide bonds. The third-order valence-corrected chi connectivity index (χ3v) is 8.43. The minimum Gasteiger partial charge on any atom is -0.445 e. The second kappa shape index (κ2) is 16.6. The molecule has 1 heterocycles. The maximum Gasteiger partial charge on any atom is 0.408 e. The third-order valence-electron chi connectivity index (χ3n) is 8.43. The molecule has 2 aliphatic rings. The summed E-state index contributed by atoms with van der Waals surface area (Å²) >= 11 is 0. The Morgan fingerprint density at radius 2 is 1.57 bits per heavy atom. The fourth-order valence-electron chi connectivity index (χ4n) is 5.89. The van der Waals surface area contributed by atoms with Crippen LogP contribution in [0.25, 0.3) is 0 Å². The van der Waals surface area contributed by atoms with E-state index in [1.54, 1.807) is 31.7 Å². The van der Waals surface area contributed by atoms with Gasteiger partial charge in [0.2, 0.25) is 11.8 Å². The normalized spacial score (nSPS) is 17.3. The van der Waals surface area contributed by atoms with Gasteiger partial charge in [-0.25, -0.2) is 14.0 Å². The quantitative estimate of drug-likeness (QED) is 0.335. The van der Waals surface area contributed by atoms with Gasteiger partial charge in [-0.1, -0.05) is 55.7 Å². The predicted octanol–water partition coefficient (Wildman–Crippen LogP) is 4.85. The summed E-state index contributed by atoms with van der Waals surface area (Å²) in [5.41, 5.74) is 0.453. The Balaban J connectivity index is 1.44. The van der Waals surface area contributed by atoms with E-state index >= 15 is 4.39 Å². The van der Waals surface area contributed by atoms with Gasteiger partial charge in [-0.2, -0.15) is 0 Å². The summed E-state index contributed by atoms with van der Waals surface area (Å²) in [5.74, 6) is -1.62. The first kappa shape index (κ1) is 35.7. The van der Waals surface area contributed by atoms with E-state index in [0.29, 0.717) is 31.7 Å². The smallest absolute Gasteiger partial charge is 0.408 e. The number of amides is 4. The predicted molar refractivity (Wildman–Crippen MR) is 176 cm³/mol. The molecule has 2 aromatic rings. The fourth-order valence-corrected chi connectivity index (χ4v) is 5.89. The van der Waals surface area contributed by atoms with E-state index < -0.39 is 41.6 Å². The van der Waals surface area contributed by atoms with Gasteiger partial charge in [0.25, 0.3) is 0 Å². The Morgan fingerprint density at radius 1 is 0.894 bits per heavy atom. The molecule has 1 aliphatic carbocycles. The van der Waals surface area contributed by atoms with Crippen LogP contribution < -0.4 is 16.0 Å². The Hall–Kier alpha value is -4.19. The van der Waals surface area contributed by atoms with Gasteiger partial charge in [0.1, 0.15) is 30.1 Å². The largest absolute Gasteiger partial charge is 0.445 e. The van der Waals surface area contributed by atoms with Crippen molar-refractivity contribution in [3.05, 3.63) is 65.5 Å². The van der Waals surface area contributed by atoms with Gasteiger partial charge in [0, 0.05) is 32.6 Å². The molecule has 0 unspecified atom stereocenters. The maximum atomic E-state index is 15.5. The molecule has 2 aromatic carbocycles. The number of hydrogen-bond donors (Lipinski definition) is 3. The molecule has 2 fully saturated rings. The first-order chi connectivity index (χ1) is 22.4. The second-order valence-corrected chi connectivity index (χ2v) is 13.4. The van der Waals surface area contributed by atoms with E-state index in [2.05, 4.69) is 20.9 Å². The topological polar surface area (TPSA) is 129 Å². The molecule has 0 radical (unpaired) electrons. The van der Waals surface area contributed by atoms with Crippen LogP contribution in [0.3, 0.4) is 0 Å². The Labute approximate surface area is 276 Å². The van der Waals surface area contributed by atoms with Crippen molar-refractivity contribution in [2.45, 2.75) is 83.6 Å². The molecule has 0 bridgehead atoms. The van der Waals surface area contributed by atoms with Crippen molar-refractivity contribution in [3.63, 3.8) is 0 Å². The lowest BCUT2D eigenvalue weighted by Crippen LogP contribution is -2.55. The molecule has 1 aliphatic heterocycles. The summed E-state index contributed by atoms with van der Waals surface area (Å²) in [7, 11) is 1.98. The zero-order valence-electron chi connectivity index (χ0n) is 27.9. The fraction of sp³-hybridized carbons (Fsp3) is 0.543. The summed E-state index contributed by atoms with van der Waals surface area (Å²) in [6.45, 7) is 7.68. The molecular weight excluding hydrogens is 605 g/mol. The van der Waals surface area contributed by atoms with Gasteiger partial charge in [-0.15, -0.1) is 0 Å². The van der Waals surface area contributed by atoms with Crippen molar-refractivity contribution in [3.8, 4) is 0 Å². The van der Waals surface area contributed by atoms with Crippen LogP contribution in [0.4, 0.5) is 19.7 Å². The number of anilines is 1. The van der Waals surface area contributed by atoms with Gasteiger partial charge < -0.3 is 35.2 Å². The zero-order chi connectivity index (χ0) is 34.0. The van der Waals surface area contributed by atoms with Crippen LogP contribution in [-0.2, 0) is 32.1 Å². The van der Waals surface area contributed by atoms with Crippen LogP contribution >= 0.6 is 0 Å². The van der Waals surface area contributed by atoms with Crippen molar-refractivity contribution < 1.29 is 33.0 Å². The van der Waals surface area contributed by atoms with Crippen molar-refractivity contribution in [1.82, 2.24) is 20.4 Å². The monoisotopic (exact) mass is 653 g/mol. The van der Waals surface area contributed by atoms with E-state index in [0.717, 1.165) is 37.7 Å². The van der Waals surface area contributed by atoms with Crippen molar-refractivity contribution in [1.29, 1.82) is 0 Å². The van der Waals surface area contributed by atoms with Crippen molar-refractivity contribution in [2.75, 3.05) is 38.5 Å². The van der Waals surface area contributed by atoms with Crippen molar-refractivity contribution >= 4 is 29.7 Å². The Morgan fingerprint density at radius 3 is 2.21 bits per heavy atom. The van der Waals surface area contributed by atoms with E-state index in [9.17, 15) is 19.2 Å². The minimum atomic E-state index is -0.977. The van der Waals surface area contributed by atoms with Crippen LogP contribution in [0.2, 0.25) is 0 Å². The third kappa shape index (κ3) is 11.2. The number of carbonyl (C=O) groups is 4. The highest BCUT2D eigenvalue weighted by atomic mass is 19.1. The molecule has 47 heavy (non-hydrogen) atoms. The van der Waals surface area contributed by atoms with E-state index in [1.807, 2.05) is 37.4 Å². The number of rotatable bonds is 10. The molecule has 256 valence electrons. The number of halogens is 1. The van der Waals surface area contributed by atoms with Gasteiger partial charge >= 0.3 is 12.2 Å². The zero-order valence-corrected chi connectivity index (χ0v) is 27.9. The summed E-state index contributed by atoms with van der Waals surface area (Å²) in [6.07, 6.45) is 3.00. The number of benzene rings is 2. The number of likely N-dealkylation sites (N-methyl/N-ethyl adjacent to an activating group) is 1. The van der Waals surface area contributed by atoms with Crippen LogP contribution in [0.5, 0.6) is 0 Å². The highest BCUT2D eigenvalue weighted by Gasteiger charge is 2.33.